The number of nitrogens with zero attached hydrogens (tertiary/aromatic N) is 3. The van der Waals surface area contributed by atoms with Crippen LogP contribution in [0.15, 0.2) is 54.7 Å². The fourth-order valence-electron chi connectivity index (χ4n) is 3.20. The molecule has 6 nitrogen and oxygen atoms in total. The van der Waals surface area contributed by atoms with E-state index < -0.39 is 0 Å². The number of amides is 1. The van der Waals surface area contributed by atoms with Crippen molar-refractivity contribution in [1.82, 2.24) is 15.0 Å². The van der Waals surface area contributed by atoms with E-state index in [4.69, 9.17) is 5.73 Å². The highest BCUT2D eigenvalue weighted by molar-refractivity contribution is 6.05. The van der Waals surface area contributed by atoms with Gasteiger partial charge in [-0.05, 0) is 50.1 Å². The molecule has 0 atom stereocenters. The van der Waals surface area contributed by atoms with E-state index in [-0.39, 0.29) is 11.3 Å². The lowest BCUT2D eigenvalue weighted by Crippen LogP contribution is -2.21. The molecular weight excluding hydrogens is 338 g/mol. The molecule has 138 valence electrons. The zero-order chi connectivity index (χ0) is 18.9. The first-order valence-electron chi connectivity index (χ1n) is 9.16. The van der Waals surface area contributed by atoms with Gasteiger partial charge in [-0.2, -0.15) is 0 Å². The van der Waals surface area contributed by atoms with E-state index in [1.807, 2.05) is 66.3 Å². The van der Waals surface area contributed by atoms with E-state index >= 15 is 0 Å². The number of aromatic nitrogens is 3. The summed E-state index contributed by atoms with van der Waals surface area (Å²) in [5.41, 5.74) is 10.0. The maximum absolute atomic E-state index is 12.7. The molecule has 1 aliphatic carbocycles. The van der Waals surface area contributed by atoms with Crippen LogP contribution >= 0.6 is 0 Å². The predicted molar refractivity (Wildman–Crippen MR) is 105 cm³/mol. The summed E-state index contributed by atoms with van der Waals surface area (Å²) in [6.45, 7) is 3.40. The Morgan fingerprint density at radius 1 is 1.22 bits per heavy atom. The van der Waals surface area contributed by atoms with Gasteiger partial charge in [0.2, 0.25) is 0 Å². The van der Waals surface area contributed by atoms with E-state index in [2.05, 4.69) is 15.6 Å². The molecule has 0 spiro atoms. The molecule has 3 aromatic rings. The highest BCUT2D eigenvalue weighted by atomic mass is 16.1. The summed E-state index contributed by atoms with van der Waals surface area (Å²) in [4.78, 5) is 12.7. The number of hydrogen-bond acceptors (Lipinski definition) is 4. The van der Waals surface area contributed by atoms with Crippen molar-refractivity contribution in [2.24, 2.45) is 11.1 Å². The van der Waals surface area contributed by atoms with Crippen LogP contribution in [-0.2, 0) is 6.54 Å². The fourth-order valence-corrected chi connectivity index (χ4v) is 3.20. The van der Waals surface area contributed by atoms with Crippen LogP contribution in [0, 0.1) is 12.3 Å². The van der Waals surface area contributed by atoms with Crippen molar-refractivity contribution in [3.8, 4) is 11.3 Å². The summed E-state index contributed by atoms with van der Waals surface area (Å²) in [7, 11) is 0. The predicted octanol–water partition coefficient (Wildman–Crippen LogP) is 3.24. The van der Waals surface area contributed by atoms with Gasteiger partial charge < -0.3 is 11.1 Å². The normalized spacial score (nSPS) is 14.7. The third-order valence-corrected chi connectivity index (χ3v) is 5.24. The Balaban J connectivity index is 1.55. The molecule has 3 N–H and O–H groups in total. The molecule has 1 saturated carbocycles. The first kappa shape index (κ1) is 17.4. The number of nitrogens with two attached hydrogens (primary N) is 1. The number of nitrogens with one attached hydrogen (secondary N) is 1. The van der Waals surface area contributed by atoms with E-state index in [9.17, 15) is 4.79 Å². The molecular formula is C21H23N5O. The number of anilines is 1. The van der Waals surface area contributed by atoms with Crippen molar-refractivity contribution in [3.05, 3.63) is 65.9 Å². The number of carbonyl (C=O) groups is 1. The molecule has 27 heavy (non-hydrogen) atoms. The van der Waals surface area contributed by atoms with Gasteiger partial charge in [-0.3, -0.25) is 9.48 Å². The van der Waals surface area contributed by atoms with Crippen molar-refractivity contribution in [1.29, 1.82) is 0 Å². The molecule has 0 aliphatic heterocycles. The number of aryl methyl sites for hydroxylation is 1. The lowest BCUT2D eigenvalue weighted by Gasteiger charge is -2.10. The molecule has 2 aromatic carbocycles. The Kier molecular flexibility index (Phi) is 4.49. The molecule has 1 heterocycles. The number of para-hydroxylation sites is 1. The smallest absolute Gasteiger partial charge is 0.255 e. The average Bonchev–Trinajstić information content (AvgIpc) is 3.31. The second-order valence-electron chi connectivity index (χ2n) is 7.36. The van der Waals surface area contributed by atoms with E-state index in [1.165, 1.54) is 0 Å². The minimum absolute atomic E-state index is 0.131. The molecule has 0 radical (unpaired) electrons. The summed E-state index contributed by atoms with van der Waals surface area (Å²) >= 11 is 0. The van der Waals surface area contributed by atoms with Crippen molar-refractivity contribution in [2.45, 2.75) is 26.3 Å². The lowest BCUT2D eigenvalue weighted by molar-refractivity contribution is 0.102. The van der Waals surface area contributed by atoms with Gasteiger partial charge in [0.1, 0.15) is 5.69 Å². The number of rotatable bonds is 6. The molecule has 1 amide bonds. The van der Waals surface area contributed by atoms with Crippen LogP contribution in [0.5, 0.6) is 0 Å². The summed E-state index contributed by atoms with van der Waals surface area (Å²) in [5.74, 6) is -0.131. The summed E-state index contributed by atoms with van der Waals surface area (Å²) in [6, 6.07) is 15.2. The maximum Gasteiger partial charge on any atom is 0.255 e. The second-order valence-corrected chi connectivity index (χ2v) is 7.36. The fraction of sp³-hybridized carbons (Fsp3) is 0.286. The summed E-state index contributed by atoms with van der Waals surface area (Å²) in [6.07, 6.45) is 4.22. The molecule has 0 bridgehead atoms. The van der Waals surface area contributed by atoms with Crippen molar-refractivity contribution < 1.29 is 4.79 Å². The van der Waals surface area contributed by atoms with Crippen LogP contribution in [0.1, 0.15) is 28.8 Å². The highest BCUT2D eigenvalue weighted by Gasteiger charge is 2.41. The Bertz CT molecular complexity index is 960. The zero-order valence-electron chi connectivity index (χ0n) is 15.4. The van der Waals surface area contributed by atoms with Crippen molar-refractivity contribution >= 4 is 11.6 Å². The van der Waals surface area contributed by atoms with Crippen LogP contribution in [0.25, 0.3) is 11.3 Å². The Morgan fingerprint density at radius 2 is 2.00 bits per heavy atom. The van der Waals surface area contributed by atoms with E-state index in [0.717, 1.165) is 41.9 Å². The highest BCUT2D eigenvalue weighted by Crippen LogP contribution is 2.45. The van der Waals surface area contributed by atoms with Crippen LogP contribution in [0.4, 0.5) is 5.69 Å². The first-order chi connectivity index (χ1) is 13.1. The van der Waals surface area contributed by atoms with Gasteiger partial charge in [-0.1, -0.05) is 35.5 Å². The Labute approximate surface area is 158 Å². The number of hydrogen-bond donors (Lipinski definition) is 2. The minimum atomic E-state index is -0.131. The average molecular weight is 361 g/mol. The summed E-state index contributed by atoms with van der Waals surface area (Å²) < 4.78 is 1.86. The molecule has 0 saturated heterocycles. The first-order valence-corrected chi connectivity index (χ1v) is 9.16. The molecule has 0 unspecified atom stereocenters. The van der Waals surface area contributed by atoms with E-state index in [0.29, 0.717) is 12.1 Å². The van der Waals surface area contributed by atoms with Crippen LogP contribution < -0.4 is 11.1 Å². The van der Waals surface area contributed by atoms with Gasteiger partial charge in [0, 0.05) is 28.8 Å². The monoisotopic (exact) mass is 361 g/mol. The maximum atomic E-state index is 12.7. The van der Waals surface area contributed by atoms with Crippen molar-refractivity contribution in [3.63, 3.8) is 0 Å². The van der Waals surface area contributed by atoms with Crippen LogP contribution in [-0.4, -0.2) is 27.4 Å². The second kappa shape index (κ2) is 6.96. The third-order valence-electron chi connectivity index (χ3n) is 5.24. The van der Waals surface area contributed by atoms with Gasteiger partial charge in [0.15, 0.2) is 0 Å². The Morgan fingerprint density at radius 3 is 2.70 bits per heavy atom. The summed E-state index contributed by atoms with van der Waals surface area (Å²) in [5, 5.41) is 11.5. The van der Waals surface area contributed by atoms with Gasteiger partial charge in [0.25, 0.3) is 5.91 Å². The van der Waals surface area contributed by atoms with Crippen molar-refractivity contribution in [2.75, 3.05) is 11.9 Å². The van der Waals surface area contributed by atoms with Gasteiger partial charge >= 0.3 is 0 Å². The van der Waals surface area contributed by atoms with Crippen LogP contribution in [0.3, 0.4) is 0 Å². The molecule has 4 rings (SSSR count). The molecule has 6 heteroatoms. The third kappa shape index (κ3) is 3.75. The number of carbonyl (C=O) groups excluding carboxylic acids is 1. The topological polar surface area (TPSA) is 85.8 Å². The Hall–Kier alpha value is -2.99. The van der Waals surface area contributed by atoms with Gasteiger partial charge in [-0.25, -0.2) is 0 Å². The molecule has 1 aliphatic rings. The zero-order valence-corrected chi connectivity index (χ0v) is 15.4. The lowest BCUT2D eigenvalue weighted by atomic mass is 10.0. The van der Waals surface area contributed by atoms with Crippen LogP contribution in [0.2, 0.25) is 0 Å². The van der Waals surface area contributed by atoms with E-state index in [1.54, 1.807) is 0 Å². The minimum Gasteiger partial charge on any atom is -0.330 e. The SMILES string of the molecule is Cc1ccc(-c2cn(CC3(CN)CC3)nn2)cc1C(=O)Nc1ccccc1. The largest absolute Gasteiger partial charge is 0.330 e. The quantitative estimate of drug-likeness (QED) is 0.706. The molecule has 1 fully saturated rings. The number of benzene rings is 2. The van der Waals surface area contributed by atoms with Gasteiger partial charge in [0.05, 0.1) is 6.20 Å². The standard InChI is InChI=1S/C21H23N5O/c1-15-7-8-16(11-18(15)20(27)23-17-5-3-2-4-6-17)19-12-26(25-24-19)14-21(13-22)9-10-21/h2-8,11-12H,9-10,13-14,22H2,1H3,(H,23,27). The van der Waals surface area contributed by atoms with Gasteiger partial charge in [-0.15, -0.1) is 5.10 Å². The molecule has 1 aromatic heterocycles.